The van der Waals surface area contributed by atoms with Gasteiger partial charge in [0.05, 0.1) is 7.92 Å². The third-order valence-electron chi connectivity index (χ3n) is 4.20. The molecule has 0 saturated heterocycles. The summed E-state index contributed by atoms with van der Waals surface area (Å²) in [5.74, 6) is 0. The van der Waals surface area contributed by atoms with Crippen LogP contribution in [-0.2, 0) is 22.4 Å². The van der Waals surface area contributed by atoms with Crippen molar-refractivity contribution in [1.29, 1.82) is 0 Å². The molecule has 2 radical (unpaired) electrons. The summed E-state index contributed by atoms with van der Waals surface area (Å²) < 4.78 is 0.131. The van der Waals surface area contributed by atoms with Gasteiger partial charge in [0.2, 0.25) is 0 Å². The molecular formula is C25H21AuOPTe+. The maximum atomic E-state index is 10.6. The van der Waals surface area contributed by atoms with Gasteiger partial charge in [-0.15, -0.1) is 0 Å². The van der Waals surface area contributed by atoms with Gasteiger partial charge < -0.3 is 0 Å². The number of carbonyl (C=O) groups is 1. The Kier molecular flexibility index (Phi) is 10.6. The van der Waals surface area contributed by atoms with Gasteiger partial charge >= 0.3 is 66.8 Å². The van der Waals surface area contributed by atoms with Crippen LogP contribution in [0.2, 0.25) is 0 Å². The number of hydrogen-bond donors (Lipinski definition) is 0. The molecule has 0 amide bonds. The topological polar surface area (TPSA) is 17.1 Å². The number of hydrogen-bond acceptors (Lipinski definition) is 1. The third-order valence-corrected chi connectivity index (χ3v) is 7.60. The van der Waals surface area contributed by atoms with E-state index in [1.165, 1.54) is 38.2 Å². The van der Waals surface area contributed by atoms with E-state index in [2.05, 4.69) is 91.0 Å². The predicted molar refractivity (Wildman–Crippen MR) is 123 cm³/mol. The Morgan fingerprint density at radius 1 is 0.517 bits per heavy atom. The molecular weight excluding hydrogens is 672 g/mol. The first-order valence-corrected chi connectivity index (χ1v) is 11.7. The summed E-state index contributed by atoms with van der Waals surface area (Å²) in [6.07, 6.45) is 0. The monoisotopic (exact) mass is 695 g/mol. The van der Waals surface area contributed by atoms with Gasteiger partial charge in [-0.25, -0.2) is 0 Å². The Morgan fingerprint density at radius 3 is 1.03 bits per heavy atom. The van der Waals surface area contributed by atoms with Crippen LogP contribution < -0.4 is 15.9 Å². The van der Waals surface area contributed by atoms with Gasteiger partial charge in [0.15, 0.2) is 0 Å². The first kappa shape index (κ1) is 23.8. The molecule has 4 aromatic rings. The number of carbonyl (C=O) groups excluding carboxylic acids is 1. The molecule has 4 aromatic carbocycles. The Labute approximate surface area is 202 Å². The molecule has 0 heterocycles. The van der Waals surface area contributed by atoms with Crippen LogP contribution in [-0.4, -0.2) is 26.1 Å². The summed E-state index contributed by atoms with van der Waals surface area (Å²) in [5, 5.41) is 4.31. The number of rotatable bonds is 4. The predicted octanol–water partition coefficient (Wildman–Crippen LogP) is 4.17. The van der Waals surface area contributed by atoms with Crippen LogP contribution >= 0.6 is 7.92 Å². The van der Waals surface area contributed by atoms with Crippen LogP contribution in [0.15, 0.2) is 121 Å². The molecule has 4 heteroatoms. The Morgan fingerprint density at radius 2 is 0.793 bits per heavy atom. The largest absolute Gasteiger partial charge is 0.102 e. The van der Waals surface area contributed by atoms with Crippen molar-refractivity contribution in [3.63, 3.8) is 0 Å². The molecule has 0 aliphatic carbocycles. The Balaban J connectivity index is 0.000000255. The molecule has 1 nitrogen and oxygen atoms in total. The van der Waals surface area contributed by atoms with E-state index in [-0.39, 0.29) is 26.2 Å². The molecule has 29 heavy (non-hydrogen) atoms. The van der Waals surface area contributed by atoms with E-state index < -0.39 is 7.92 Å². The zero-order chi connectivity index (χ0) is 19.6. The second-order valence-corrected chi connectivity index (χ2v) is 9.67. The second-order valence-electron chi connectivity index (χ2n) is 6.13. The van der Waals surface area contributed by atoms with E-state index in [1.807, 2.05) is 30.3 Å². The summed E-state index contributed by atoms with van der Waals surface area (Å²) in [6.45, 7) is 0. The maximum absolute atomic E-state index is 10.6. The molecule has 4 rings (SSSR count). The summed E-state index contributed by atoms with van der Waals surface area (Å²) in [7, 11) is -0.877. The molecule has 0 aromatic heterocycles. The smallest absolute Gasteiger partial charge is 0.0620 e. The first-order chi connectivity index (χ1) is 13.8. The average molecular weight is 693 g/mol. The van der Waals surface area contributed by atoms with Crippen molar-refractivity contribution >= 4 is 50.0 Å². The molecule has 0 bridgehead atoms. The average Bonchev–Trinajstić information content (AvgIpc) is 2.77. The Hall–Kier alpha value is -1.49. The molecule has 0 spiro atoms. The van der Waals surface area contributed by atoms with Crippen LogP contribution in [0, 0.1) is 0 Å². The van der Waals surface area contributed by atoms with Crippen molar-refractivity contribution in [2.45, 2.75) is 0 Å². The molecule has 0 fully saturated rings. The van der Waals surface area contributed by atoms with Gasteiger partial charge in [-0.05, 0) is 36.4 Å². The summed E-state index contributed by atoms with van der Waals surface area (Å²) in [6, 6.07) is 41.7. The molecule has 0 atom stereocenters. The zero-order valence-electron chi connectivity index (χ0n) is 15.7. The fourth-order valence-electron chi connectivity index (χ4n) is 2.89. The van der Waals surface area contributed by atoms with E-state index >= 15 is 0 Å². The van der Waals surface area contributed by atoms with Crippen molar-refractivity contribution < 1.29 is 27.2 Å². The second kappa shape index (κ2) is 12.9. The SMILES string of the molecule is O=C([Te])c1ccccc1.[Au].c1ccc([PH+](c2ccccc2)c2ccccc2)cc1. The van der Waals surface area contributed by atoms with Crippen molar-refractivity contribution in [2.75, 3.05) is 0 Å². The molecule has 0 unspecified atom stereocenters. The van der Waals surface area contributed by atoms with Gasteiger partial charge in [-0.1, -0.05) is 54.6 Å². The van der Waals surface area contributed by atoms with E-state index in [1.54, 1.807) is 0 Å². The minimum absolute atomic E-state index is 0. The van der Waals surface area contributed by atoms with Crippen LogP contribution in [0.4, 0.5) is 0 Å². The molecule has 0 aliphatic heterocycles. The van der Waals surface area contributed by atoms with Gasteiger partial charge in [-0.2, -0.15) is 0 Å². The summed E-state index contributed by atoms with van der Waals surface area (Å²) in [4.78, 5) is 10.6. The van der Waals surface area contributed by atoms with Crippen LogP contribution in [0.1, 0.15) is 10.4 Å². The fourth-order valence-corrected chi connectivity index (χ4v) is 5.85. The summed E-state index contributed by atoms with van der Waals surface area (Å²) in [5.41, 5.74) is 0.780. The van der Waals surface area contributed by atoms with Crippen molar-refractivity contribution in [1.82, 2.24) is 0 Å². The van der Waals surface area contributed by atoms with Crippen LogP contribution in [0.25, 0.3) is 0 Å². The van der Waals surface area contributed by atoms with E-state index in [9.17, 15) is 4.79 Å². The molecule has 0 aliphatic rings. The summed E-state index contributed by atoms with van der Waals surface area (Å²) >= 11 is 1.50. The molecule has 0 N–H and O–H groups in total. The van der Waals surface area contributed by atoms with E-state index in [0.717, 1.165) is 5.56 Å². The maximum Gasteiger partial charge on any atom is 0.102 e. The standard InChI is InChI=1S/C18H15P.C7H5OTe.Au/c1-4-10-16(11-5-1)19(17-12-6-2-7-13-17)18-14-8-3-9-15-18;8-7(9)6-4-2-1-3-5-6;/h1-15H;1-5H;/p+1. The van der Waals surface area contributed by atoms with Gasteiger partial charge in [0, 0.05) is 22.4 Å². The van der Waals surface area contributed by atoms with Crippen molar-refractivity contribution in [3.8, 4) is 0 Å². The van der Waals surface area contributed by atoms with Crippen LogP contribution in [0.3, 0.4) is 0 Å². The van der Waals surface area contributed by atoms with Crippen molar-refractivity contribution in [2.24, 2.45) is 0 Å². The normalized spacial score (nSPS) is 9.69. The minimum atomic E-state index is -0.877. The first-order valence-electron chi connectivity index (χ1n) is 9.05. The Bertz CT molecular complexity index is 886. The quantitative estimate of drug-likeness (QED) is 0.232. The van der Waals surface area contributed by atoms with E-state index in [0.29, 0.717) is 0 Å². The molecule has 0 saturated carbocycles. The van der Waals surface area contributed by atoms with E-state index in [4.69, 9.17) is 0 Å². The zero-order valence-corrected chi connectivity index (χ0v) is 21.2. The van der Waals surface area contributed by atoms with Crippen molar-refractivity contribution in [3.05, 3.63) is 127 Å². The minimum Gasteiger partial charge on any atom is -0.0620 e. The molecule has 148 valence electrons. The van der Waals surface area contributed by atoms with Crippen LogP contribution in [0.5, 0.6) is 0 Å². The fraction of sp³-hybridized carbons (Fsp3) is 0. The number of benzene rings is 4. The van der Waals surface area contributed by atoms with Gasteiger partial charge in [-0.3, -0.25) is 0 Å². The third kappa shape index (κ3) is 7.36. The van der Waals surface area contributed by atoms with Gasteiger partial charge in [0.25, 0.3) is 0 Å². The van der Waals surface area contributed by atoms with Gasteiger partial charge in [0.1, 0.15) is 15.9 Å².